The van der Waals surface area contributed by atoms with Crippen LogP contribution in [0, 0.1) is 6.92 Å². The summed E-state index contributed by atoms with van der Waals surface area (Å²) in [5, 5.41) is 14.7. The van der Waals surface area contributed by atoms with E-state index < -0.39 is 0 Å². The molecule has 0 saturated heterocycles. The first-order valence-corrected chi connectivity index (χ1v) is 6.75. The predicted molar refractivity (Wildman–Crippen MR) is 80.2 cm³/mol. The Kier molecular flexibility index (Phi) is 3.59. The standard InChI is InChI=1S/C15H16N6/c1-11-6-7-13(9-15(11)21-10-17-19-20-21)18-12(2)14-5-3-4-8-16-14/h3-10,12,18H,1-2H3. The number of benzene rings is 1. The molecule has 0 fully saturated rings. The second-order valence-corrected chi connectivity index (χ2v) is 4.88. The summed E-state index contributed by atoms with van der Waals surface area (Å²) in [5.74, 6) is 0. The van der Waals surface area contributed by atoms with Crippen molar-refractivity contribution in [2.75, 3.05) is 5.32 Å². The molecule has 2 heterocycles. The van der Waals surface area contributed by atoms with E-state index in [1.54, 1.807) is 17.2 Å². The van der Waals surface area contributed by atoms with Crippen LogP contribution in [0.25, 0.3) is 5.69 Å². The van der Waals surface area contributed by atoms with Gasteiger partial charge in [-0.3, -0.25) is 4.98 Å². The first-order valence-electron chi connectivity index (χ1n) is 6.75. The molecule has 0 saturated carbocycles. The van der Waals surface area contributed by atoms with Crippen molar-refractivity contribution >= 4 is 5.69 Å². The third-order valence-electron chi connectivity index (χ3n) is 3.32. The zero-order valence-electron chi connectivity index (χ0n) is 11.9. The van der Waals surface area contributed by atoms with E-state index in [0.29, 0.717) is 0 Å². The molecule has 21 heavy (non-hydrogen) atoms. The van der Waals surface area contributed by atoms with Gasteiger partial charge in [-0.15, -0.1) is 5.10 Å². The highest BCUT2D eigenvalue weighted by molar-refractivity contribution is 5.55. The average molecular weight is 280 g/mol. The molecule has 1 aromatic carbocycles. The monoisotopic (exact) mass is 280 g/mol. The number of anilines is 1. The zero-order chi connectivity index (χ0) is 14.7. The molecule has 6 nitrogen and oxygen atoms in total. The van der Waals surface area contributed by atoms with Crippen LogP contribution in [0.2, 0.25) is 0 Å². The zero-order valence-corrected chi connectivity index (χ0v) is 11.9. The Balaban J connectivity index is 1.85. The van der Waals surface area contributed by atoms with Crippen molar-refractivity contribution in [1.29, 1.82) is 0 Å². The number of nitrogens with zero attached hydrogens (tertiary/aromatic N) is 5. The summed E-state index contributed by atoms with van der Waals surface area (Å²) in [5.41, 5.74) is 4.07. The van der Waals surface area contributed by atoms with Crippen molar-refractivity contribution in [2.45, 2.75) is 19.9 Å². The van der Waals surface area contributed by atoms with Crippen molar-refractivity contribution in [3.63, 3.8) is 0 Å². The van der Waals surface area contributed by atoms with E-state index in [-0.39, 0.29) is 6.04 Å². The number of aryl methyl sites for hydroxylation is 1. The Morgan fingerprint density at radius 1 is 1.19 bits per heavy atom. The third-order valence-corrected chi connectivity index (χ3v) is 3.32. The summed E-state index contributed by atoms with van der Waals surface area (Å²) >= 11 is 0. The van der Waals surface area contributed by atoms with Crippen molar-refractivity contribution < 1.29 is 0 Å². The molecule has 1 N–H and O–H groups in total. The highest BCUT2D eigenvalue weighted by Crippen LogP contribution is 2.22. The average Bonchev–Trinajstić information content (AvgIpc) is 3.04. The summed E-state index contributed by atoms with van der Waals surface area (Å²) in [4.78, 5) is 4.36. The lowest BCUT2D eigenvalue weighted by atomic mass is 10.1. The lowest BCUT2D eigenvalue weighted by Gasteiger charge is -2.16. The van der Waals surface area contributed by atoms with Crippen LogP contribution < -0.4 is 5.32 Å². The topological polar surface area (TPSA) is 68.5 Å². The minimum Gasteiger partial charge on any atom is -0.377 e. The maximum atomic E-state index is 4.36. The minimum atomic E-state index is 0.121. The summed E-state index contributed by atoms with van der Waals surface area (Å²) in [6.07, 6.45) is 3.39. The molecule has 0 aliphatic heterocycles. The van der Waals surface area contributed by atoms with E-state index >= 15 is 0 Å². The molecule has 1 atom stereocenters. The van der Waals surface area contributed by atoms with Crippen LogP contribution in [-0.2, 0) is 0 Å². The molecule has 0 aliphatic rings. The number of tetrazole rings is 1. The highest BCUT2D eigenvalue weighted by Gasteiger charge is 2.08. The number of aromatic nitrogens is 5. The van der Waals surface area contributed by atoms with Crippen molar-refractivity contribution in [3.05, 3.63) is 60.2 Å². The Morgan fingerprint density at radius 2 is 2.10 bits per heavy atom. The fourth-order valence-corrected chi connectivity index (χ4v) is 2.17. The quantitative estimate of drug-likeness (QED) is 0.795. The van der Waals surface area contributed by atoms with Crippen LogP contribution in [0.1, 0.15) is 24.2 Å². The summed E-state index contributed by atoms with van der Waals surface area (Å²) < 4.78 is 1.66. The minimum absolute atomic E-state index is 0.121. The Hall–Kier alpha value is -2.76. The number of hydrogen-bond acceptors (Lipinski definition) is 5. The van der Waals surface area contributed by atoms with Crippen LogP contribution >= 0.6 is 0 Å². The molecule has 0 aliphatic carbocycles. The molecule has 106 valence electrons. The van der Waals surface area contributed by atoms with Crippen LogP contribution in [-0.4, -0.2) is 25.2 Å². The van der Waals surface area contributed by atoms with Crippen molar-refractivity contribution in [2.24, 2.45) is 0 Å². The first-order chi connectivity index (χ1) is 10.2. The fourth-order valence-electron chi connectivity index (χ4n) is 2.17. The van der Waals surface area contributed by atoms with Gasteiger partial charge in [0, 0.05) is 11.9 Å². The predicted octanol–water partition coefficient (Wildman–Crippen LogP) is 2.54. The van der Waals surface area contributed by atoms with Crippen LogP contribution in [0.5, 0.6) is 0 Å². The molecule has 2 aromatic heterocycles. The summed E-state index contributed by atoms with van der Waals surface area (Å²) in [6.45, 7) is 4.11. The molecule has 1 unspecified atom stereocenters. The van der Waals surface area contributed by atoms with Gasteiger partial charge in [0.2, 0.25) is 0 Å². The van der Waals surface area contributed by atoms with Gasteiger partial charge in [0.05, 0.1) is 17.4 Å². The smallest absolute Gasteiger partial charge is 0.143 e. The van der Waals surface area contributed by atoms with Gasteiger partial charge in [0.15, 0.2) is 0 Å². The molecule has 3 rings (SSSR count). The summed E-state index contributed by atoms with van der Waals surface area (Å²) in [6, 6.07) is 12.2. The Bertz CT molecular complexity index is 708. The van der Waals surface area contributed by atoms with Crippen molar-refractivity contribution in [1.82, 2.24) is 25.2 Å². The highest BCUT2D eigenvalue weighted by atomic mass is 15.5. The van der Waals surface area contributed by atoms with Gasteiger partial charge in [-0.25, -0.2) is 4.68 Å². The number of rotatable bonds is 4. The van der Waals surface area contributed by atoms with Crippen molar-refractivity contribution in [3.8, 4) is 5.69 Å². The molecule has 0 amide bonds. The third kappa shape index (κ3) is 2.89. The molecular weight excluding hydrogens is 264 g/mol. The molecule has 6 heteroatoms. The lowest BCUT2D eigenvalue weighted by molar-refractivity contribution is 0.784. The lowest BCUT2D eigenvalue weighted by Crippen LogP contribution is -2.09. The van der Waals surface area contributed by atoms with Crippen LogP contribution in [0.15, 0.2) is 48.9 Å². The van der Waals surface area contributed by atoms with E-state index in [1.165, 1.54) is 0 Å². The molecule has 0 radical (unpaired) electrons. The normalized spacial score (nSPS) is 12.1. The SMILES string of the molecule is Cc1ccc(NC(C)c2ccccn2)cc1-n1cnnn1. The van der Waals surface area contributed by atoms with Gasteiger partial charge >= 0.3 is 0 Å². The van der Waals surface area contributed by atoms with E-state index in [9.17, 15) is 0 Å². The van der Waals surface area contributed by atoms with E-state index in [4.69, 9.17) is 0 Å². The van der Waals surface area contributed by atoms with E-state index in [0.717, 1.165) is 22.6 Å². The van der Waals surface area contributed by atoms with Gasteiger partial charge in [-0.05, 0) is 54.1 Å². The van der Waals surface area contributed by atoms with E-state index in [1.807, 2.05) is 43.3 Å². The van der Waals surface area contributed by atoms with Crippen LogP contribution in [0.4, 0.5) is 5.69 Å². The molecule has 0 spiro atoms. The van der Waals surface area contributed by atoms with Crippen LogP contribution in [0.3, 0.4) is 0 Å². The number of nitrogens with one attached hydrogen (secondary N) is 1. The van der Waals surface area contributed by atoms with Gasteiger partial charge < -0.3 is 5.32 Å². The Labute approximate surface area is 122 Å². The second kappa shape index (κ2) is 5.70. The molecule has 3 aromatic rings. The number of hydrogen-bond donors (Lipinski definition) is 1. The van der Waals surface area contributed by atoms with Gasteiger partial charge in [0.1, 0.15) is 6.33 Å². The first kappa shape index (κ1) is 13.2. The number of pyridine rings is 1. The second-order valence-electron chi connectivity index (χ2n) is 4.88. The van der Waals surface area contributed by atoms with Gasteiger partial charge in [-0.1, -0.05) is 12.1 Å². The van der Waals surface area contributed by atoms with Gasteiger partial charge in [0.25, 0.3) is 0 Å². The van der Waals surface area contributed by atoms with E-state index in [2.05, 4.69) is 32.7 Å². The Morgan fingerprint density at radius 3 is 2.81 bits per heavy atom. The largest absolute Gasteiger partial charge is 0.377 e. The van der Waals surface area contributed by atoms with Gasteiger partial charge in [-0.2, -0.15) is 0 Å². The fraction of sp³-hybridized carbons (Fsp3) is 0.200. The summed E-state index contributed by atoms with van der Waals surface area (Å²) in [7, 11) is 0. The molecular formula is C15H16N6. The molecule has 0 bridgehead atoms. The maximum absolute atomic E-state index is 4.36. The maximum Gasteiger partial charge on any atom is 0.143 e.